The maximum Gasteiger partial charge on any atom is 0.172 e. The normalized spacial score (nSPS) is 10.3. The van der Waals surface area contributed by atoms with Gasteiger partial charge in [-0.3, -0.25) is 9.78 Å². The SMILES string of the molecule is Cc1cc(O)cc(O)c1C(=O)Cc1ccccn1. The number of ketones is 1. The number of aromatic nitrogens is 1. The molecular formula is C14H13NO3. The van der Waals surface area contributed by atoms with Crippen LogP contribution in [0.3, 0.4) is 0 Å². The van der Waals surface area contributed by atoms with E-state index in [2.05, 4.69) is 4.98 Å². The molecule has 0 atom stereocenters. The number of phenols is 2. The number of Topliss-reactive ketones (excluding diaryl/α,β-unsaturated/α-hetero) is 1. The summed E-state index contributed by atoms with van der Waals surface area (Å²) in [6, 6.07) is 7.95. The van der Waals surface area contributed by atoms with Crippen LogP contribution in [0.15, 0.2) is 36.5 Å². The van der Waals surface area contributed by atoms with Gasteiger partial charge >= 0.3 is 0 Å². The van der Waals surface area contributed by atoms with Crippen molar-refractivity contribution in [2.24, 2.45) is 0 Å². The van der Waals surface area contributed by atoms with Gasteiger partial charge in [-0.05, 0) is 30.7 Å². The van der Waals surface area contributed by atoms with Gasteiger partial charge in [0, 0.05) is 18.0 Å². The first-order chi connectivity index (χ1) is 8.58. The van der Waals surface area contributed by atoms with Crippen LogP contribution in [-0.4, -0.2) is 21.0 Å². The zero-order valence-electron chi connectivity index (χ0n) is 9.92. The molecule has 0 saturated carbocycles. The number of pyridine rings is 1. The second-order valence-corrected chi connectivity index (χ2v) is 4.08. The smallest absolute Gasteiger partial charge is 0.172 e. The minimum atomic E-state index is -0.219. The third-order valence-electron chi connectivity index (χ3n) is 2.65. The van der Waals surface area contributed by atoms with Gasteiger partial charge in [-0.2, -0.15) is 0 Å². The highest BCUT2D eigenvalue weighted by molar-refractivity contribution is 6.01. The molecule has 2 N–H and O–H groups in total. The van der Waals surface area contributed by atoms with Crippen LogP contribution in [0, 0.1) is 6.92 Å². The number of rotatable bonds is 3. The van der Waals surface area contributed by atoms with Crippen molar-refractivity contribution in [1.82, 2.24) is 4.98 Å². The Kier molecular flexibility index (Phi) is 3.28. The first-order valence-corrected chi connectivity index (χ1v) is 5.53. The van der Waals surface area contributed by atoms with E-state index in [1.165, 1.54) is 12.1 Å². The first kappa shape index (κ1) is 12.1. The van der Waals surface area contributed by atoms with E-state index in [4.69, 9.17) is 0 Å². The summed E-state index contributed by atoms with van der Waals surface area (Å²) >= 11 is 0. The molecule has 0 unspecified atom stereocenters. The topological polar surface area (TPSA) is 70.4 Å². The van der Waals surface area contributed by atoms with Gasteiger partial charge in [0.15, 0.2) is 5.78 Å². The van der Waals surface area contributed by atoms with E-state index in [1.54, 1.807) is 31.3 Å². The molecule has 2 rings (SSSR count). The minimum absolute atomic E-state index is 0.0561. The molecule has 0 radical (unpaired) electrons. The lowest BCUT2D eigenvalue weighted by molar-refractivity contribution is 0.0989. The van der Waals surface area contributed by atoms with E-state index in [1.807, 2.05) is 0 Å². The zero-order valence-corrected chi connectivity index (χ0v) is 9.92. The Bertz CT molecular complexity index is 556. The lowest BCUT2D eigenvalue weighted by atomic mass is 10.00. The van der Waals surface area contributed by atoms with E-state index in [0.717, 1.165) is 0 Å². The third-order valence-corrected chi connectivity index (χ3v) is 2.65. The lowest BCUT2D eigenvalue weighted by Gasteiger charge is -2.08. The molecule has 92 valence electrons. The van der Waals surface area contributed by atoms with Gasteiger partial charge in [0.1, 0.15) is 11.5 Å². The monoisotopic (exact) mass is 243 g/mol. The summed E-state index contributed by atoms with van der Waals surface area (Å²) in [6.07, 6.45) is 1.74. The van der Waals surface area contributed by atoms with Crippen LogP contribution in [0.5, 0.6) is 11.5 Å². The summed E-state index contributed by atoms with van der Waals surface area (Å²) in [6.45, 7) is 1.67. The molecule has 0 aliphatic heterocycles. The molecule has 4 heteroatoms. The van der Waals surface area contributed by atoms with Gasteiger partial charge < -0.3 is 10.2 Å². The van der Waals surface area contributed by atoms with Crippen LogP contribution >= 0.6 is 0 Å². The lowest BCUT2D eigenvalue weighted by Crippen LogP contribution is -2.07. The molecule has 0 aliphatic rings. The number of phenolic OH excluding ortho intramolecular Hbond substituents is 2. The van der Waals surface area contributed by atoms with Crippen LogP contribution in [0.1, 0.15) is 21.6 Å². The zero-order chi connectivity index (χ0) is 13.1. The van der Waals surface area contributed by atoms with E-state index < -0.39 is 0 Å². The molecule has 0 amide bonds. The molecule has 0 aliphatic carbocycles. The summed E-state index contributed by atoms with van der Waals surface area (Å²) in [7, 11) is 0. The van der Waals surface area contributed by atoms with E-state index in [0.29, 0.717) is 11.3 Å². The molecule has 1 aromatic carbocycles. The average molecular weight is 243 g/mol. The molecule has 4 nitrogen and oxygen atoms in total. The number of hydrogen-bond donors (Lipinski definition) is 2. The van der Waals surface area contributed by atoms with Crippen molar-refractivity contribution in [2.45, 2.75) is 13.3 Å². The Morgan fingerprint density at radius 3 is 2.67 bits per heavy atom. The molecule has 1 aromatic heterocycles. The molecular weight excluding hydrogens is 230 g/mol. The largest absolute Gasteiger partial charge is 0.508 e. The van der Waals surface area contributed by atoms with E-state index in [9.17, 15) is 15.0 Å². The van der Waals surface area contributed by atoms with Crippen molar-refractivity contribution in [2.75, 3.05) is 0 Å². The quantitative estimate of drug-likeness (QED) is 0.811. The predicted molar refractivity (Wildman–Crippen MR) is 66.8 cm³/mol. The summed E-state index contributed by atoms with van der Waals surface area (Å²) < 4.78 is 0. The Balaban J connectivity index is 2.30. The molecule has 0 spiro atoms. The van der Waals surface area contributed by atoms with Crippen molar-refractivity contribution >= 4 is 5.78 Å². The number of aryl methyl sites for hydroxylation is 1. The highest BCUT2D eigenvalue weighted by atomic mass is 16.3. The average Bonchev–Trinajstić information content (AvgIpc) is 2.28. The van der Waals surface area contributed by atoms with E-state index >= 15 is 0 Å². The maximum atomic E-state index is 12.1. The third kappa shape index (κ3) is 2.48. The number of carbonyl (C=O) groups excluding carboxylic acids is 1. The van der Waals surface area contributed by atoms with Gasteiger partial charge in [0.2, 0.25) is 0 Å². The van der Waals surface area contributed by atoms with Crippen molar-refractivity contribution in [3.8, 4) is 11.5 Å². The van der Waals surface area contributed by atoms with Crippen molar-refractivity contribution < 1.29 is 15.0 Å². The Morgan fingerprint density at radius 1 is 1.28 bits per heavy atom. The van der Waals surface area contributed by atoms with Crippen LogP contribution < -0.4 is 0 Å². The number of carbonyl (C=O) groups is 1. The standard InChI is InChI=1S/C14H13NO3/c1-9-6-11(16)8-13(18)14(9)12(17)7-10-4-2-3-5-15-10/h2-6,8,16,18H,7H2,1H3. The van der Waals surface area contributed by atoms with Crippen LogP contribution in [0.25, 0.3) is 0 Å². The van der Waals surface area contributed by atoms with Gasteiger partial charge in [-0.15, -0.1) is 0 Å². The molecule has 0 bridgehead atoms. The van der Waals surface area contributed by atoms with Gasteiger partial charge in [0.25, 0.3) is 0 Å². The molecule has 18 heavy (non-hydrogen) atoms. The Hall–Kier alpha value is -2.36. The van der Waals surface area contributed by atoms with Gasteiger partial charge in [-0.1, -0.05) is 6.07 Å². The van der Waals surface area contributed by atoms with Crippen molar-refractivity contribution in [1.29, 1.82) is 0 Å². The molecule has 0 fully saturated rings. The van der Waals surface area contributed by atoms with Crippen LogP contribution in [0.4, 0.5) is 0 Å². The van der Waals surface area contributed by atoms with Gasteiger partial charge in [0.05, 0.1) is 12.0 Å². The summed E-state index contributed by atoms with van der Waals surface area (Å²) in [5.74, 6) is -0.475. The fourth-order valence-electron chi connectivity index (χ4n) is 1.87. The van der Waals surface area contributed by atoms with Crippen LogP contribution in [-0.2, 0) is 6.42 Å². The molecule has 1 heterocycles. The second kappa shape index (κ2) is 4.87. The summed E-state index contributed by atoms with van der Waals surface area (Å²) in [4.78, 5) is 16.2. The number of hydrogen-bond acceptors (Lipinski definition) is 4. The highest BCUT2D eigenvalue weighted by Gasteiger charge is 2.16. The maximum absolute atomic E-state index is 12.1. The van der Waals surface area contributed by atoms with Crippen molar-refractivity contribution in [3.63, 3.8) is 0 Å². The number of benzene rings is 1. The number of aromatic hydroxyl groups is 2. The molecule has 0 saturated heterocycles. The highest BCUT2D eigenvalue weighted by Crippen LogP contribution is 2.27. The summed E-state index contributed by atoms with van der Waals surface area (Å²) in [5.41, 5.74) is 1.43. The summed E-state index contributed by atoms with van der Waals surface area (Å²) in [5, 5.41) is 19.0. The fraction of sp³-hybridized carbons (Fsp3) is 0.143. The second-order valence-electron chi connectivity index (χ2n) is 4.08. The van der Waals surface area contributed by atoms with Gasteiger partial charge in [-0.25, -0.2) is 0 Å². The van der Waals surface area contributed by atoms with Crippen molar-refractivity contribution in [3.05, 3.63) is 53.3 Å². The van der Waals surface area contributed by atoms with Crippen LogP contribution in [0.2, 0.25) is 0 Å². The Morgan fingerprint density at radius 2 is 2.06 bits per heavy atom. The first-order valence-electron chi connectivity index (χ1n) is 5.53. The minimum Gasteiger partial charge on any atom is -0.508 e. The fourth-order valence-corrected chi connectivity index (χ4v) is 1.87. The predicted octanol–water partition coefficient (Wildman–Crippen LogP) is 2.23. The van der Waals surface area contributed by atoms with E-state index in [-0.39, 0.29) is 29.3 Å². The molecule has 2 aromatic rings. The Labute approximate surface area is 105 Å². The number of nitrogens with zero attached hydrogens (tertiary/aromatic N) is 1.